The molecule has 3 nitrogen and oxygen atoms in total. The highest BCUT2D eigenvalue weighted by molar-refractivity contribution is 7.98. The molecule has 0 radical (unpaired) electrons. The van der Waals surface area contributed by atoms with E-state index < -0.39 is 0 Å². The van der Waals surface area contributed by atoms with Crippen molar-refractivity contribution < 1.29 is 4.79 Å². The first-order valence-electron chi connectivity index (χ1n) is 5.55. The van der Waals surface area contributed by atoms with Gasteiger partial charge in [-0.3, -0.25) is 4.79 Å². The average molecular weight is 278 g/mol. The molecule has 5 heteroatoms. The predicted molar refractivity (Wildman–Crippen MR) is 76.2 cm³/mol. The summed E-state index contributed by atoms with van der Waals surface area (Å²) in [6, 6.07) is 7.61. The Morgan fingerprint density at radius 1 is 1.44 bits per heavy atom. The Balaban J connectivity index is 2.12. The molecule has 0 aliphatic rings. The second-order valence-electron chi connectivity index (χ2n) is 3.77. The van der Waals surface area contributed by atoms with Crippen molar-refractivity contribution in [1.82, 2.24) is 10.3 Å². The Morgan fingerprint density at radius 3 is 2.94 bits per heavy atom. The lowest BCUT2D eigenvalue weighted by molar-refractivity contribution is 0.0937. The van der Waals surface area contributed by atoms with Gasteiger partial charge in [0.2, 0.25) is 0 Å². The molecule has 0 aliphatic carbocycles. The van der Waals surface area contributed by atoms with Gasteiger partial charge in [0.15, 0.2) is 0 Å². The average Bonchev–Trinajstić information content (AvgIpc) is 2.92. The van der Waals surface area contributed by atoms with Crippen molar-refractivity contribution in [3.05, 3.63) is 46.3 Å². The lowest BCUT2D eigenvalue weighted by atomic mass is 10.2. The summed E-state index contributed by atoms with van der Waals surface area (Å²) >= 11 is 3.12. The third-order valence-corrected chi connectivity index (χ3v) is 4.29. The van der Waals surface area contributed by atoms with E-state index in [4.69, 9.17) is 0 Å². The molecule has 0 spiro atoms. The van der Waals surface area contributed by atoms with E-state index in [1.165, 1.54) is 11.8 Å². The molecular formula is C13H14N2OS2. The third kappa shape index (κ3) is 2.91. The van der Waals surface area contributed by atoms with Crippen molar-refractivity contribution in [2.75, 3.05) is 6.26 Å². The molecule has 2 aromatic heterocycles. The highest BCUT2D eigenvalue weighted by Gasteiger charge is 2.15. The van der Waals surface area contributed by atoms with Gasteiger partial charge < -0.3 is 5.32 Å². The zero-order chi connectivity index (χ0) is 13.0. The first kappa shape index (κ1) is 13.1. The fourth-order valence-corrected chi connectivity index (χ4v) is 2.89. The maximum atomic E-state index is 12.2. The number of nitrogens with zero attached hydrogens (tertiary/aromatic N) is 1. The zero-order valence-electron chi connectivity index (χ0n) is 10.2. The highest BCUT2D eigenvalue weighted by atomic mass is 32.2. The van der Waals surface area contributed by atoms with Crippen molar-refractivity contribution in [2.24, 2.45) is 0 Å². The number of nitrogens with one attached hydrogen (secondary N) is 1. The second-order valence-corrected chi connectivity index (χ2v) is 5.55. The fraction of sp³-hybridized carbons (Fsp3) is 0.231. The number of aromatic nitrogens is 1. The van der Waals surface area contributed by atoms with E-state index in [1.807, 2.05) is 30.7 Å². The first-order chi connectivity index (χ1) is 8.72. The number of thiophene rings is 1. The largest absolute Gasteiger partial charge is 0.345 e. The topological polar surface area (TPSA) is 42.0 Å². The van der Waals surface area contributed by atoms with Crippen LogP contribution in [0, 0.1) is 0 Å². The number of thioether (sulfide) groups is 1. The molecule has 0 aliphatic heterocycles. The molecule has 1 N–H and O–H groups in total. The lowest BCUT2D eigenvalue weighted by Crippen LogP contribution is -2.26. The quantitative estimate of drug-likeness (QED) is 0.872. The summed E-state index contributed by atoms with van der Waals surface area (Å²) in [4.78, 5) is 17.5. The minimum atomic E-state index is -0.0756. The van der Waals surface area contributed by atoms with Gasteiger partial charge in [-0.15, -0.1) is 23.1 Å². The molecule has 0 aromatic carbocycles. The molecule has 2 heterocycles. The molecule has 94 valence electrons. The van der Waals surface area contributed by atoms with Gasteiger partial charge >= 0.3 is 0 Å². The third-order valence-electron chi connectivity index (χ3n) is 2.53. The van der Waals surface area contributed by atoms with E-state index in [0.717, 1.165) is 9.90 Å². The van der Waals surface area contributed by atoms with Gasteiger partial charge in [0, 0.05) is 11.1 Å². The number of rotatable bonds is 4. The Labute approximate surface area is 115 Å². The van der Waals surface area contributed by atoms with Crippen molar-refractivity contribution in [2.45, 2.75) is 18.0 Å². The van der Waals surface area contributed by atoms with Gasteiger partial charge in [0.05, 0.1) is 11.6 Å². The molecule has 1 atom stereocenters. The molecule has 2 aromatic rings. The number of hydrogen-bond donors (Lipinski definition) is 1. The molecule has 0 saturated carbocycles. The van der Waals surface area contributed by atoms with Crippen LogP contribution >= 0.6 is 23.1 Å². The number of hydrogen-bond acceptors (Lipinski definition) is 4. The van der Waals surface area contributed by atoms with Crippen LogP contribution in [0.4, 0.5) is 0 Å². The number of pyridine rings is 1. The Hall–Kier alpha value is -1.33. The molecule has 0 saturated heterocycles. The van der Waals surface area contributed by atoms with Crippen LogP contribution in [0.1, 0.15) is 28.2 Å². The minimum Gasteiger partial charge on any atom is -0.345 e. The standard InChI is InChI=1S/C13H14N2OS2/c1-9(11-6-4-8-18-11)15-12(16)10-5-3-7-14-13(10)17-2/h3-9H,1-2H3,(H,15,16)/t9-/m1/s1. The van der Waals surface area contributed by atoms with E-state index in [0.29, 0.717) is 5.56 Å². The lowest BCUT2D eigenvalue weighted by Gasteiger charge is -2.13. The summed E-state index contributed by atoms with van der Waals surface area (Å²) in [5.41, 5.74) is 0.633. The van der Waals surface area contributed by atoms with Crippen molar-refractivity contribution in [3.63, 3.8) is 0 Å². The van der Waals surface area contributed by atoms with Crippen molar-refractivity contribution in [3.8, 4) is 0 Å². The molecule has 2 rings (SSSR count). The molecule has 0 bridgehead atoms. The van der Waals surface area contributed by atoms with Gasteiger partial charge in [0.1, 0.15) is 5.03 Å². The van der Waals surface area contributed by atoms with E-state index in [-0.39, 0.29) is 11.9 Å². The fourth-order valence-electron chi connectivity index (χ4n) is 1.61. The molecule has 0 unspecified atom stereocenters. The molecule has 18 heavy (non-hydrogen) atoms. The van der Waals surface area contributed by atoms with E-state index in [2.05, 4.69) is 10.3 Å². The van der Waals surface area contributed by atoms with Crippen molar-refractivity contribution in [1.29, 1.82) is 0 Å². The molecule has 0 fully saturated rings. The zero-order valence-corrected chi connectivity index (χ0v) is 11.8. The Kier molecular flexibility index (Phi) is 4.38. The van der Waals surface area contributed by atoms with Gasteiger partial charge in [0.25, 0.3) is 5.91 Å². The van der Waals surface area contributed by atoms with Crippen LogP contribution in [0.25, 0.3) is 0 Å². The van der Waals surface area contributed by atoms with Crippen LogP contribution in [0.3, 0.4) is 0 Å². The molecule has 1 amide bonds. The number of carbonyl (C=O) groups excluding carboxylic acids is 1. The van der Waals surface area contributed by atoms with Crippen molar-refractivity contribution >= 4 is 29.0 Å². The van der Waals surface area contributed by atoms with Crippen LogP contribution in [0.15, 0.2) is 40.9 Å². The normalized spacial score (nSPS) is 12.1. The van der Waals surface area contributed by atoms with Gasteiger partial charge in [-0.2, -0.15) is 0 Å². The molecular weight excluding hydrogens is 264 g/mol. The smallest absolute Gasteiger partial charge is 0.254 e. The maximum absolute atomic E-state index is 12.2. The summed E-state index contributed by atoms with van der Waals surface area (Å²) in [6.45, 7) is 1.98. The summed E-state index contributed by atoms with van der Waals surface area (Å²) < 4.78 is 0. The van der Waals surface area contributed by atoms with E-state index in [1.54, 1.807) is 29.7 Å². The number of carbonyl (C=O) groups is 1. The number of amides is 1. The predicted octanol–water partition coefficient (Wildman–Crippen LogP) is 3.36. The van der Waals surface area contributed by atoms with Crippen LogP contribution in [-0.2, 0) is 0 Å². The summed E-state index contributed by atoms with van der Waals surface area (Å²) in [5, 5.41) is 5.76. The van der Waals surface area contributed by atoms with Gasteiger partial charge in [-0.25, -0.2) is 4.98 Å². The minimum absolute atomic E-state index is 0.0208. The monoisotopic (exact) mass is 278 g/mol. The van der Waals surface area contributed by atoms with Gasteiger partial charge in [-0.05, 0) is 36.8 Å². The summed E-state index contributed by atoms with van der Waals surface area (Å²) in [7, 11) is 0. The summed E-state index contributed by atoms with van der Waals surface area (Å²) in [5.74, 6) is -0.0756. The van der Waals surface area contributed by atoms with Gasteiger partial charge in [-0.1, -0.05) is 6.07 Å². The van der Waals surface area contributed by atoms with Crippen LogP contribution in [0.5, 0.6) is 0 Å². The SMILES string of the molecule is CSc1ncccc1C(=O)N[C@H](C)c1cccs1. The van der Waals surface area contributed by atoms with Crippen LogP contribution in [-0.4, -0.2) is 17.1 Å². The first-order valence-corrected chi connectivity index (χ1v) is 7.66. The Bertz CT molecular complexity index is 526. The summed E-state index contributed by atoms with van der Waals surface area (Å²) in [6.07, 6.45) is 3.62. The van der Waals surface area contributed by atoms with Crippen LogP contribution < -0.4 is 5.32 Å². The highest BCUT2D eigenvalue weighted by Crippen LogP contribution is 2.21. The van der Waals surface area contributed by atoms with E-state index >= 15 is 0 Å². The second kappa shape index (κ2) is 6.02. The van der Waals surface area contributed by atoms with Crippen LogP contribution in [0.2, 0.25) is 0 Å². The van der Waals surface area contributed by atoms with E-state index in [9.17, 15) is 4.79 Å². The maximum Gasteiger partial charge on any atom is 0.254 e. The Morgan fingerprint density at radius 2 is 2.28 bits per heavy atom.